The van der Waals surface area contributed by atoms with Gasteiger partial charge >= 0.3 is 0 Å². The fourth-order valence-electron chi connectivity index (χ4n) is 1.88. The first-order valence-corrected chi connectivity index (χ1v) is 5.65. The van der Waals surface area contributed by atoms with E-state index in [4.69, 9.17) is 9.47 Å². The summed E-state index contributed by atoms with van der Waals surface area (Å²) in [5, 5.41) is 13.6. The Bertz CT molecular complexity index is 341. The Kier molecular flexibility index (Phi) is 4.78. The topological polar surface area (TPSA) is 50.7 Å². The van der Waals surface area contributed by atoms with E-state index < -0.39 is 5.60 Å². The molecule has 1 aromatic rings. The van der Waals surface area contributed by atoms with Crippen molar-refractivity contribution in [2.45, 2.75) is 18.9 Å². The SMILES string of the molecule is CNCCC(C)(O)c1c(OC)cccc1OC. The fraction of sp³-hybridized carbons (Fsp3) is 0.538. The standard InChI is InChI=1S/C13H21NO3/c1-13(15,8-9-14-2)12-10(16-3)6-5-7-11(12)17-4/h5-7,14-15H,8-9H2,1-4H3. The van der Waals surface area contributed by atoms with Crippen molar-refractivity contribution < 1.29 is 14.6 Å². The molecule has 0 saturated heterocycles. The van der Waals surface area contributed by atoms with Gasteiger partial charge in [-0.1, -0.05) is 6.07 Å². The van der Waals surface area contributed by atoms with Gasteiger partial charge in [-0.3, -0.25) is 0 Å². The van der Waals surface area contributed by atoms with E-state index in [1.165, 1.54) is 0 Å². The van der Waals surface area contributed by atoms with Crippen LogP contribution in [0.1, 0.15) is 18.9 Å². The second-order valence-electron chi connectivity index (χ2n) is 4.16. The van der Waals surface area contributed by atoms with Gasteiger partial charge in [0.15, 0.2) is 0 Å². The molecule has 0 spiro atoms. The summed E-state index contributed by atoms with van der Waals surface area (Å²) in [5.41, 5.74) is -0.290. The van der Waals surface area contributed by atoms with Crippen molar-refractivity contribution in [2.24, 2.45) is 0 Å². The average Bonchev–Trinajstić information content (AvgIpc) is 2.35. The second-order valence-corrected chi connectivity index (χ2v) is 4.16. The lowest BCUT2D eigenvalue weighted by Crippen LogP contribution is -2.27. The molecule has 1 atom stereocenters. The third kappa shape index (κ3) is 3.11. The number of hydrogen-bond donors (Lipinski definition) is 2. The van der Waals surface area contributed by atoms with E-state index >= 15 is 0 Å². The molecule has 0 aromatic heterocycles. The molecule has 0 radical (unpaired) electrons. The smallest absolute Gasteiger partial charge is 0.128 e. The fourth-order valence-corrected chi connectivity index (χ4v) is 1.88. The van der Waals surface area contributed by atoms with Crippen molar-refractivity contribution in [1.29, 1.82) is 0 Å². The third-order valence-electron chi connectivity index (χ3n) is 2.83. The van der Waals surface area contributed by atoms with Crippen molar-refractivity contribution in [3.8, 4) is 11.5 Å². The van der Waals surface area contributed by atoms with E-state index in [1.54, 1.807) is 21.1 Å². The highest BCUT2D eigenvalue weighted by atomic mass is 16.5. The summed E-state index contributed by atoms with van der Waals surface area (Å²) in [6.07, 6.45) is 0.584. The number of hydrogen-bond acceptors (Lipinski definition) is 4. The summed E-state index contributed by atoms with van der Waals surface area (Å²) >= 11 is 0. The molecular weight excluding hydrogens is 218 g/mol. The summed E-state index contributed by atoms with van der Waals surface area (Å²) < 4.78 is 10.6. The molecule has 17 heavy (non-hydrogen) atoms. The molecule has 0 fully saturated rings. The number of aliphatic hydroxyl groups is 1. The molecule has 4 nitrogen and oxygen atoms in total. The lowest BCUT2D eigenvalue weighted by molar-refractivity contribution is 0.0434. The van der Waals surface area contributed by atoms with Crippen LogP contribution in [0.2, 0.25) is 0 Å². The highest BCUT2D eigenvalue weighted by Crippen LogP contribution is 2.39. The molecule has 4 heteroatoms. The van der Waals surface area contributed by atoms with E-state index in [0.717, 1.165) is 0 Å². The Morgan fingerprint density at radius 1 is 1.24 bits per heavy atom. The van der Waals surface area contributed by atoms with Crippen LogP contribution in [0.15, 0.2) is 18.2 Å². The first-order valence-electron chi connectivity index (χ1n) is 5.65. The molecule has 1 aromatic carbocycles. The normalized spacial score (nSPS) is 14.2. The highest BCUT2D eigenvalue weighted by Gasteiger charge is 2.29. The van der Waals surface area contributed by atoms with Crippen molar-refractivity contribution in [1.82, 2.24) is 5.32 Å². The number of benzene rings is 1. The van der Waals surface area contributed by atoms with Crippen LogP contribution in [0, 0.1) is 0 Å². The number of ether oxygens (including phenoxy) is 2. The molecule has 1 unspecified atom stereocenters. The minimum Gasteiger partial charge on any atom is -0.496 e. The molecule has 0 heterocycles. The molecule has 0 amide bonds. The third-order valence-corrected chi connectivity index (χ3v) is 2.83. The maximum absolute atomic E-state index is 10.5. The zero-order valence-corrected chi connectivity index (χ0v) is 10.9. The monoisotopic (exact) mass is 239 g/mol. The zero-order valence-electron chi connectivity index (χ0n) is 10.9. The number of rotatable bonds is 6. The first kappa shape index (κ1) is 13.8. The van der Waals surface area contributed by atoms with E-state index in [9.17, 15) is 5.11 Å². The highest BCUT2D eigenvalue weighted by molar-refractivity contribution is 5.48. The van der Waals surface area contributed by atoms with Gasteiger partial charge in [0.05, 0.1) is 25.4 Å². The molecule has 0 aliphatic rings. The molecule has 1 rings (SSSR count). The van der Waals surface area contributed by atoms with Gasteiger partial charge in [-0.05, 0) is 39.1 Å². The van der Waals surface area contributed by atoms with Crippen LogP contribution in [-0.4, -0.2) is 32.9 Å². The van der Waals surface area contributed by atoms with E-state index in [-0.39, 0.29) is 0 Å². The summed E-state index contributed by atoms with van der Waals surface area (Å²) in [5.74, 6) is 1.29. The van der Waals surface area contributed by atoms with Crippen molar-refractivity contribution in [3.05, 3.63) is 23.8 Å². The molecule has 2 N–H and O–H groups in total. The predicted octanol–water partition coefficient (Wildman–Crippen LogP) is 1.52. The van der Waals surface area contributed by atoms with Crippen LogP contribution in [0.4, 0.5) is 0 Å². The quantitative estimate of drug-likeness (QED) is 0.790. The van der Waals surface area contributed by atoms with Crippen molar-refractivity contribution >= 4 is 0 Å². The predicted molar refractivity (Wildman–Crippen MR) is 67.7 cm³/mol. The Hall–Kier alpha value is -1.26. The number of nitrogens with one attached hydrogen (secondary N) is 1. The first-order chi connectivity index (χ1) is 8.06. The zero-order chi connectivity index (χ0) is 12.9. The van der Waals surface area contributed by atoms with Crippen LogP contribution in [-0.2, 0) is 5.60 Å². The van der Waals surface area contributed by atoms with Crippen LogP contribution in [0.25, 0.3) is 0 Å². The van der Waals surface area contributed by atoms with Gasteiger partial charge in [-0.15, -0.1) is 0 Å². The van der Waals surface area contributed by atoms with Gasteiger partial charge in [0, 0.05) is 0 Å². The Morgan fingerprint density at radius 3 is 2.18 bits per heavy atom. The van der Waals surface area contributed by atoms with Crippen LogP contribution < -0.4 is 14.8 Å². The summed E-state index contributed by atoms with van der Waals surface area (Å²) in [4.78, 5) is 0. The van der Waals surface area contributed by atoms with Crippen molar-refractivity contribution in [3.63, 3.8) is 0 Å². The van der Waals surface area contributed by atoms with Gasteiger partial charge in [0.25, 0.3) is 0 Å². The van der Waals surface area contributed by atoms with Crippen LogP contribution in [0.3, 0.4) is 0 Å². The largest absolute Gasteiger partial charge is 0.496 e. The van der Waals surface area contributed by atoms with E-state index in [2.05, 4.69) is 5.32 Å². The maximum atomic E-state index is 10.5. The Morgan fingerprint density at radius 2 is 1.76 bits per heavy atom. The maximum Gasteiger partial charge on any atom is 0.128 e. The van der Waals surface area contributed by atoms with Gasteiger partial charge < -0.3 is 19.9 Å². The van der Waals surface area contributed by atoms with Crippen molar-refractivity contribution in [2.75, 3.05) is 27.8 Å². The van der Waals surface area contributed by atoms with E-state index in [1.807, 2.05) is 25.2 Å². The molecule has 96 valence electrons. The molecule has 0 saturated carbocycles. The molecule has 0 bridgehead atoms. The molecular formula is C13H21NO3. The van der Waals surface area contributed by atoms with Crippen LogP contribution >= 0.6 is 0 Å². The Labute approximate surface area is 103 Å². The number of methoxy groups -OCH3 is 2. The van der Waals surface area contributed by atoms with E-state index in [0.29, 0.717) is 30.0 Å². The van der Waals surface area contributed by atoms with Gasteiger partial charge in [0.1, 0.15) is 11.5 Å². The van der Waals surface area contributed by atoms with Gasteiger partial charge in [0.2, 0.25) is 0 Å². The molecule has 0 aliphatic carbocycles. The lowest BCUT2D eigenvalue weighted by Gasteiger charge is -2.27. The van der Waals surface area contributed by atoms with Crippen LogP contribution in [0.5, 0.6) is 11.5 Å². The lowest BCUT2D eigenvalue weighted by atomic mass is 9.90. The minimum atomic E-state index is -0.985. The second kappa shape index (κ2) is 5.89. The van der Waals surface area contributed by atoms with Gasteiger partial charge in [-0.2, -0.15) is 0 Å². The minimum absolute atomic E-state index is 0.584. The Balaban J connectivity index is 3.16. The average molecular weight is 239 g/mol. The summed E-state index contributed by atoms with van der Waals surface area (Å²) in [7, 11) is 5.04. The summed E-state index contributed by atoms with van der Waals surface area (Å²) in [6.45, 7) is 2.49. The summed E-state index contributed by atoms with van der Waals surface area (Å²) in [6, 6.07) is 5.49. The van der Waals surface area contributed by atoms with Gasteiger partial charge in [-0.25, -0.2) is 0 Å². The molecule has 0 aliphatic heterocycles.